The third kappa shape index (κ3) is 2.66. The summed E-state index contributed by atoms with van der Waals surface area (Å²) in [6.07, 6.45) is 3.39. The van der Waals surface area contributed by atoms with Gasteiger partial charge in [-0.3, -0.25) is 4.98 Å². The van der Waals surface area contributed by atoms with Crippen LogP contribution in [0.15, 0.2) is 48.0 Å². The lowest BCUT2D eigenvalue weighted by Crippen LogP contribution is -2.34. The topological polar surface area (TPSA) is 65.7 Å². The molecule has 0 atom stereocenters. The second-order valence-corrected chi connectivity index (χ2v) is 5.31. The van der Waals surface area contributed by atoms with Gasteiger partial charge in [0, 0.05) is 5.75 Å². The van der Waals surface area contributed by atoms with Crippen LogP contribution in [-0.2, 0) is 12.3 Å². The largest absolute Gasteiger partial charge is 0.393 e. The number of hydrogen-bond donors (Lipinski definition) is 2. The van der Waals surface area contributed by atoms with E-state index in [9.17, 15) is 0 Å². The number of benzene rings is 1. The SMILES string of the molecule is OCC[n+]1c[nH]c2c(SCc3ccccc3)ncnc21. The lowest BCUT2D eigenvalue weighted by Gasteiger charge is -2.00. The molecule has 0 fully saturated rings. The van der Waals surface area contributed by atoms with Gasteiger partial charge in [-0.2, -0.15) is 0 Å². The Labute approximate surface area is 120 Å². The molecule has 0 aliphatic heterocycles. The first kappa shape index (κ1) is 13.1. The Kier molecular flexibility index (Phi) is 3.94. The summed E-state index contributed by atoms with van der Waals surface area (Å²) in [4.78, 5) is 11.8. The predicted octanol–water partition coefficient (Wildman–Crippen LogP) is 1.53. The summed E-state index contributed by atoms with van der Waals surface area (Å²) in [5.74, 6) is 0.867. The van der Waals surface area contributed by atoms with Crippen LogP contribution in [-0.4, -0.2) is 26.7 Å². The minimum Gasteiger partial charge on any atom is -0.393 e. The summed E-state index contributed by atoms with van der Waals surface area (Å²) in [5, 5.41) is 9.96. The molecule has 3 aromatic rings. The maximum Gasteiger partial charge on any atom is 0.306 e. The molecule has 0 bridgehead atoms. The van der Waals surface area contributed by atoms with Crippen LogP contribution in [0.2, 0.25) is 0 Å². The Morgan fingerprint density at radius 3 is 2.85 bits per heavy atom. The Morgan fingerprint density at radius 1 is 1.20 bits per heavy atom. The molecule has 2 heterocycles. The first-order valence-electron chi connectivity index (χ1n) is 6.37. The fourth-order valence-corrected chi connectivity index (χ4v) is 2.93. The van der Waals surface area contributed by atoms with Gasteiger partial charge in [0.1, 0.15) is 5.03 Å². The van der Waals surface area contributed by atoms with Crippen molar-refractivity contribution >= 4 is 22.9 Å². The van der Waals surface area contributed by atoms with Gasteiger partial charge in [0.05, 0.1) is 13.2 Å². The molecule has 102 valence electrons. The van der Waals surface area contributed by atoms with Crippen LogP contribution in [0.4, 0.5) is 0 Å². The number of aromatic amines is 1. The summed E-state index contributed by atoms with van der Waals surface area (Å²) in [6.45, 7) is 0.619. The van der Waals surface area contributed by atoms with E-state index in [1.807, 2.05) is 29.1 Å². The molecule has 5 nitrogen and oxygen atoms in total. The average Bonchev–Trinajstić information content (AvgIpc) is 2.91. The zero-order chi connectivity index (χ0) is 13.8. The van der Waals surface area contributed by atoms with Crippen LogP contribution < -0.4 is 4.57 Å². The number of nitrogens with zero attached hydrogens (tertiary/aromatic N) is 3. The van der Waals surface area contributed by atoms with E-state index in [4.69, 9.17) is 5.11 Å². The fourth-order valence-electron chi connectivity index (χ4n) is 2.02. The van der Waals surface area contributed by atoms with Crippen molar-refractivity contribution in [1.82, 2.24) is 15.0 Å². The molecule has 0 spiro atoms. The molecule has 3 rings (SSSR count). The van der Waals surface area contributed by atoms with Crippen molar-refractivity contribution in [3.63, 3.8) is 0 Å². The van der Waals surface area contributed by atoms with Crippen molar-refractivity contribution in [3.8, 4) is 0 Å². The van der Waals surface area contributed by atoms with E-state index in [0.29, 0.717) is 6.54 Å². The van der Waals surface area contributed by atoms with Crippen LogP contribution in [0.5, 0.6) is 0 Å². The number of H-pyrrole nitrogens is 1. The number of aliphatic hydroxyl groups is 1. The number of rotatable bonds is 5. The van der Waals surface area contributed by atoms with E-state index in [2.05, 4.69) is 27.1 Å². The summed E-state index contributed by atoms with van der Waals surface area (Å²) < 4.78 is 1.89. The van der Waals surface area contributed by atoms with Crippen molar-refractivity contribution in [2.75, 3.05) is 6.61 Å². The van der Waals surface area contributed by atoms with Crippen LogP contribution >= 0.6 is 11.8 Å². The lowest BCUT2D eigenvalue weighted by molar-refractivity contribution is -0.674. The predicted molar refractivity (Wildman–Crippen MR) is 77.2 cm³/mol. The van der Waals surface area contributed by atoms with Crippen LogP contribution in [0.1, 0.15) is 5.56 Å². The van der Waals surface area contributed by atoms with E-state index in [-0.39, 0.29) is 6.61 Å². The number of nitrogens with one attached hydrogen (secondary N) is 1. The fraction of sp³-hybridized carbons (Fsp3) is 0.214. The molecule has 0 aliphatic rings. The van der Waals surface area contributed by atoms with Gasteiger partial charge in [-0.1, -0.05) is 47.1 Å². The first-order valence-corrected chi connectivity index (χ1v) is 7.36. The highest BCUT2D eigenvalue weighted by Crippen LogP contribution is 2.24. The molecule has 1 aromatic carbocycles. The minimum absolute atomic E-state index is 0.0914. The average molecular weight is 287 g/mol. The molecule has 2 aromatic heterocycles. The number of aliphatic hydroxyl groups excluding tert-OH is 1. The highest BCUT2D eigenvalue weighted by molar-refractivity contribution is 7.98. The number of fused-ring (bicyclic) bond motifs is 1. The van der Waals surface area contributed by atoms with Crippen molar-refractivity contribution in [2.24, 2.45) is 0 Å². The van der Waals surface area contributed by atoms with Gasteiger partial charge in [-0.15, -0.1) is 0 Å². The Morgan fingerprint density at radius 2 is 2.05 bits per heavy atom. The van der Waals surface area contributed by atoms with Gasteiger partial charge in [-0.05, 0) is 5.56 Å². The van der Waals surface area contributed by atoms with E-state index < -0.39 is 0 Å². The summed E-state index contributed by atoms with van der Waals surface area (Å²) in [6, 6.07) is 10.3. The van der Waals surface area contributed by atoms with E-state index >= 15 is 0 Å². The van der Waals surface area contributed by atoms with Gasteiger partial charge in [0.15, 0.2) is 12.7 Å². The van der Waals surface area contributed by atoms with Gasteiger partial charge < -0.3 is 5.11 Å². The van der Waals surface area contributed by atoms with E-state index in [1.165, 1.54) is 5.56 Å². The number of aromatic nitrogens is 4. The monoisotopic (exact) mass is 287 g/mol. The molecular weight excluding hydrogens is 272 g/mol. The van der Waals surface area contributed by atoms with Crippen LogP contribution in [0, 0.1) is 0 Å². The summed E-state index contributed by atoms with van der Waals surface area (Å²) in [5.41, 5.74) is 3.01. The molecule has 0 aliphatic carbocycles. The van der Waals surface area contributed by atoms with Gasteiger partial charge in [-0.25, -0.2) is 9.55 Å². The first-order chi connectivity index (χ1) is 9.88. The third-order valence-corrected chi connectivity index (χ3v) is 4.05. The molecule has 0 saturated heterocycles. The Bertz CT molecular complexity index is 699. The van der Waals surface area contributed by atoms with Gasteiger partial charge >= 0.3 is 5.65 Å². The summed E-state index contributed by atoms with van der Waals surface area (Å²) in [7, 11) is 0. The maximum absolute atomic E-state index is 9.04. The Hall–Kier alpha value is -1.92. The molecule has 2 N–H and O–H groups in total. The molecule has 20 heavy (non-hydrogen) atoms. The molecule has 6 heteroatoms. The highest BCUT2D eigenvalue weighted by atomic mass is 32.2. The standard InChI is InChI=1S/C14H14N4OS/c19-7-6-18-10-17-12-13(18)15-9-16-14(12)20-8-11-4-2-1-3-5-11/h1-5,9-10,19H,6-8H2/p+1. The number of thioether (sulfide) groups is 1. The lowest BCUT2D eigenvalue weighted by atomic mass is 10.2. The Balaban J connectivity index is 1.85. The van der Waals surface area contributed by atoms with Crippen molar-refractivity contribution < 1.29 is 9.67 Å². The van der Waals surface area contributed by atoms with Crippen molar-refractivity contribution in [1.29, 1.82) is 0 Å². The zero-order valence-corrected chi connectivity index (χ0v) is 11.7. The quantitative estimate of drug-likeness (QED) is 0.424. The normalized spacial score (nSPS) is 11.1. The van der Waals surface area contributed by atoms with Crippen LogP contribution in [0.3, 0.4) is 0 Å². The van der Waals surface area contributed by atoms with Gasteiger partial charge in [0.25, 0.3) is 0 Å². The molecular formula is C14H15N4OS+. The maximum atomic E-state index is 9.04. The minimum atomic E-state index is 0.0914. The number of hydrogen-bond acceptors (Lipinski definition) is 4. The van der Waals surface area contributed by atoms with E-state index in [1.54, 1.807) is 18.1 Å². The highest BCUT2D eigenvalue weighted by Gasteiger charge is 2.16. The van der Waals surface area contributed by atoms with Crippen molar-refractivity contribution in [3.05, 3.63) is 48.5 Å². The molecule has 0 amide bonds. The second-order valence-electron chi connectivity index (χ2n) is 4.34. The summed E-state index contributed by atoms with van der Waals surface area (Å²) >= 11 is 1.68. The zero-order valence-electron chi connectivity index (χ0n) is 10.9. The number of imidazole rings is 1. The molecule has 0 unspecified atom stereocenters. The van der Waals surface area contributed by atoms with E-state index in [0.717, 1.165) is 21.9 Å². The molecule has 0 saturated carbocycles. The third-order valence-electron chi connectivity index (χ3n) is 2.99. The van der Waals surface area contributed by atoms with Gasteiger partial charge in [0.2, 0.25) is 5.52 Å². The van der Waals surface area contributed by atoms with Crippen LogP contribution in [0.25, 0.3) is 11.2 Å². The van der Waals surface area contributed by atoms with Crippen molar-refractivity contribution in [2.45, 2.75) is 17.3 Å². The second kappa shape index (κ2) is 6.02. The smallest absolute Gasteiger partial charge is 0.306 e. The molecule has 0 radical (unpaired) electrons.